The van der Waals surface area contributed by atoms with Gasteiger partial charge in [-0.3, -0.25) is 14.5 Å². The van der Waals surface area contributed by atoms with Crippen LogP contribution in [0.4, 0.5) is 5.69 Å². The van der Waals surface area contributed by atoms with Gasteiger partial charge in [-0.05, 0) is 12.1 Å². The predicted molar refractivity (Wildman–Crippen MR) is 106 cm³/mol. The number of benzene rings is 1. The Labute approximate surface area is 160 Å². The Hall–Kier alpha value is -2.68. The number of aromatic amines is 1. The van der Waals surface area contributed by atoms with E-state index < -0.39 is 5.91 Å². The molecule has 27 heavy (non-hydrogen) atoms. The molecule has 0 saturated carbocycles. The van der Waals surface area contributed by atoms with Crippen LogP contribution in [-0.2, 0) is 9.53 Å². The molecule has 3 heterocycles. The molecule has 1 saturated heterocycles. The summed E-state index contributed by atoms with van der Waals surface area (Å²) in [5.41, 5.74) is 8.00. The lowest BCUT2D eigenvalue weighted by molar-refractivity contribution is -0.118. The number of thiophene rings is 1. The normalized spacial score (nSPS) is 15.1. The van der Waals surface area contributed by atoms with Crippen LogP contribution < -0.4 is 11.1 Å². The number of rotatable bonds is 5. The number of H-pyrrole nitrogens is 1. The van der Waals surface area contributed by atoms with Crippen molar-refractivity contribution in [2.45, 2.75) is 0 Å². The number of hydrogen-bond donors (Lipinski definition) is 3. The Balaban J connectivity index is 1.59. The number of primary amides is 1. The fraction of sp³-hybridized carbons (Fsp3) is 0.263. The van der Waals surface area contributed by atoms with Gasteiger partial charge in [-0.15, -0.1) is 11.3 Å². The van der Waals surface area contributed by atoms with Crippen LogP contribution in [0, 0.1) is 0 Å². The number of nitrogens with zero attached hydrogens (tertiary/aromatic N) is 1. The van der Waals surface area contributed by atoms with Gasteiger partial charge in [0.25, 0.3) is 5.91 Å². The smallest absolute Gasteiger partial charge is 0.260 e. The summed E-state index contributed by atoms with van der Waals surface area (Å²) >= 11 is 1.29. The summed E-state index contributed by atoms with van der Waals surface area (Å²) in [5, 5.41) is 3.90. The minimum atomic E-state index is -0.548. The second-order valence-corrected chi connectivity index (χ2v) is 7.45. The Kier molecular flexibility index (Phi) is 4.93. The lowest BCUT2D eigenvalue weighted by atomic mass is 10.1. The fourth-order valence-electron chi connectivity index (χ4n) is 3.23. The third kappa shape index (κ3) is 3.73. The Bertz CT molecular complexity index is 988. The first-order chi connectivity index (χ1) is 13.1. The maximum Gasteiger partial charge on any atom is 0.260 e. The molecule has 1 aliphatic rings. The van der Waals surface area contributed by atoms with Gasteiger partial charge in [-0.2, -0.15) is 0 Å². The monoisotopic (exact) mass is 384 g/mol. The van der Waals surface area contributed by atoms with Gasteiger partial charge in [0.15, 0.2) is 0 Å². The van der Waals surface area contributed by atoms with Gasteiger partial charge in [0.1, 0.15) is 4.88 Å². The molecular weight excluding hydrogens is 364 g/mol. The van der Waals surface area contributed by atoms with Gasteiger partial charge < -0.3 is 20.8 Å². The highest BCUT2D eigenvalue weighted by molar-refractivity contribution is 7.18. The number of carbonyl (C=O) groups is 2. The predicted octanol–water partition coefficient (Wildman–Crippen LogP) is 2.27. The maximum atomic E-state index is 12.4. The SMILES string of the molecule is NC(=O)c1sc(-c2c[nH]c3ccccc23)cc1NC(=O)CN1CCOCC1. The molecule has 0 unspecified atom stereocenters. The van der Waals surface area contributed by atoms with E-state index in [1.807, 2.05) is 41.4 Å². The molecule has 3 aromatic rings. The third-order valence-electron chi connectivity index (χ3n) is 4.56. The minimum absolute atomic E-state index is 0.164. The highest BCUT2D eigenvalue weighted by Gasteiger charge is 2.20. The van der Waals surface area contributed by atoms with Crippen molar-refractivity contribution < 1.29 is 14.3 Å². The zero-order valence-corrected chi connectivity index (χ0v) is 15.5. The largest absolute Gasteiger partial charge is 0.379 e. The molecule has 0 aliphatic carbocycles. The lowest BCUT2D eigenvalue weighted by Crippen LogP contribution is -2.41. The van der Waals surface area contributed by atoms with Gasteiger partial charge in [0.05, 0.1) is 25.4 Å². The summed E-state index contributed by atoms with van der Waals surface area (Å²) in [6, 6.07) is 9.75. The van der Waals surface area contributed by atoms with Crippen molar-refractivity contribution in [3.63, 3.8) is 0 Å². The van der Waals surface area contributed by atoms with E-state index in [1.165, 1.54) is 11.3 Å². The number of fused-ring (bicyclic) bond motifs is 1. The molecule has 4 rings (SSSR count). The van der Waals surface area contributed by atoms with E-state index in [1.54, 1.807) is 0 Å². The molecule has 2 amide bonds. The summed E-state index contributed by atoms with van der Waals surface area (Å²) in [7, 11) is 0. The van der Waals surface area contributed by atoms with Gasteiger partial charge in [-0.1, -0.05) is 18.2 Å². The molecule has 0 atom stereocenters. The molecule has 1 fully saturated rings. The van der Waals surface area contributed by atoms with Crippen LogP contribution in [-0.4, -0.2) is 54.5 Å². The number of hydrogen-bond acceptors (Lipinski definition) is 5. The van der Waals surface area contributed by atoms with Crippen LogP contribution in [0.2, 0.25) is 0 Å². The van der Waals surface area contributed by atoms with E-state index in [2.05, 4.69) is 10.3 Å². The zero-order valence-electron chi connectivity index (χ0n) is 14.7. The molecule has 0 spiro atoms. The van der Waals surface area contributed by atoms with Crippen molar-refractivity contribution in [2.24, 2.45) is 5.73 Å². The fourth-order valence-corrected chi connectivity index (χ4v) is 4.22. The van der Waals surface area contributed by atoms with Crippen molar-refractivity contribution >= 4 is 39.7 Å². The lowest BCUT2D eigenvalue weighted by Gasteiger charge is -2.25. The first kappa shape index (κ1) is 17.7. The van der Waals surface area contributed by atoms with Gasteiger partial charge in [0, 0.05) is 40.6 Å². The first-order valence-corrected chi connectivity index (χ1v) is 9.53. The Morgan fingerprint density at radius 2 is 2.04 bits per heavy atom. The van der Waals surface area contributed by atoms with Crippen molar-refractivity contribution in [3.8, 4) is 10.4 Å². The number of nitrogens with two attached hydrogens (primary N) is 1. The van der Waals surface area contributed by atoms with E-state index in [-0.39, 0.29) is 12.5 Å². The van der Waals surface area contributed by atoms with Crippen LogP contribution in [0.1, 0.15) is 9.67 Å². The topological polar surface area (TPSA) is 100 Å². The first-order valence-electron chi connectivity index (χ1n) is 8.72. The standard InChI is InChI=1S/C19H20N4O3S/c20-19(25)18-15(22-17(24)11-23-5-7-26-8-6-23)9-16(27-18)13-10-21-14-4-2-1-3-12(13)14/h1-4,9-10,21H,5-8,11H2,(H2,20,25)(H,22,24). The summed E-state index contributed by atoms with van der Waals surface area (Å²) in [6.45, 7) is 2.96. The van der Waals surface area contributed by atoms with Crippen LogP contribution in [0.15, 0.2) is 36.5 Å². The minimum Gasteiger partial charge on any atom is -0.379 e. The molecule has 1 aliphatic heterocycles. The van der Waals surface area contributed by atoms with Gasteiger partial charge >= 0.3 is 0 Å². The molecule has 4 N–H and O–H groups in total. The van der Waals surface area contributed by atoms with Crippen molar-refractivity contribution in [1.82, 2.24) is 9.88 Å². The van der Waals surface area contributed by atoms with Gasteiger partial charge in [-0.25, -0.2) is 0 Å². The molecule has 7 nitrogen and oxygen atoms in total. The number of anilines is 1. The Morgan fingerprint density at radius 1 is 1.26 bits per heavy atom. The van der Waals surface area contributed by atoms with E-state index >= 15 is 0 Å². The second kappa shape index (κ2) is 7.51. The molecule has 1 aromatic carbocycles. The summed E-state index contributed by atoms with van der Waals surface area (Å²) in [5.74, 6) is -0.713. The summed E-state index contributed by atoms with van der Waals surface area (Å²) in [4.78, 5) is 30.8. The van der Waals surface area contributed by atoms with Crippen LogP contribution >= 0.6 is 11.3 Å². The highest BCUT2D eigenvalue weighted by atomic mass is 32.1. The second-order valence-electron chi connectivity index (χ2n) is 6.40. The number of amides is 2. The molecule has 0 radical (unpaired) electrons. The number of aromatic nitrogens is 1. The third-order valence-corrected chi connectivity index (χ3v) is 5.74. The number of morpholine rings is 1. The number of ether oxygens (including phenoxy) is 1. The summed E-state index contributed by atoms with van der Waals surface area (Å²) < 4.78 is 5.29. The molecular formula is C19H20N4O3S. The summed E-state index contributed by atoms with van der Waals surface area (Å²) in [6.07, 6.45) is 1.90. The van der Waals surface area contributed by atoms with Crippen molar-refractivity contribution in [1.29, 1.82) is 0 Å². The van der Waals surface area contributed by atoms with Crippen LogP contribution in [0.25, 0.3) is 21.3 Å². The zero-order chi connectivity index (χ0) is 18.8. The average molecular weight is 384 g/mol. The van der Waals surface area contributed by atoms with E-state index in [9.17, 15) is 9.59 Å². The molecule has 0 bridgehead atoms. The number of carbonyl (C=O) groups excluding carboxylic acids is 2. The Morgan fingerprint density at radius 3 is 2.81 bits per heavy atom. The van der Waals surface area contributed by atoms with Crippen molar-refractivity contribution in [3.05, 3.63) is 41.4 Å². The maximum absolute atomic E-state index is 12.4. The van der Waals surface area contributed by atoms with E-state index in [4.69, 9.17) is 10.5 Å². The average Bonchev–Trinajstić information content (AvgIpc) is 3.26. The molecule has 140 valence electrons. The molecule has 8 heteroatoms. The number of para-hydroxylation sites is 1. The van der Waals surface area contributed by atoms with Crippen molar-refractivity contribution in [2.75, 3.05) is 38.2 Å². The van der Waals surface area contributed by atoms with Crippen LogP contribution in [0.3, 0.4) is 0 Å². The highest BCUT2D eigenvalue weighted by Crippen LogP contribution is 2.38. The van der Waals surface area contributed by atoms with Crippen LogP contribution in [0.5, 0.6) is 0 Å². The van der Waals surface area contributed by atoms with E-state index in [0.29, 0.717) is 23.8 Å². The quantitative estimate of drug-likeness (QED) is 0.628. The van der Waals surface area contributed by atoms with E-state index in [0.717, 1.165) is 34.4 Å². The number of nitrogens with one attached hydrogen (secondary N) is 2. The van der Waals surface area contributed by atoms with Gasteiger partial charge in [0.2, 0.25) is 5.91 Å². The molecule has 2 aromatic heterocycles.